The minimum Gasteiger partial charge on any atom is -0.508 e. The van der Waals surface area contributed by atoms with Crippen LogP contribution in [0.3, 0.4) is 0 Å². The van der Waals surface area contributed by atoms with Crippen LogP contribution >= 0.6 is 0 Å². The van der Waals surface area contributed by atoms with E-state index in [0.29, 0.717) is 0 Å². The van der Waals surface area contributed by atoms with E-state index in [1.54, 1.807) is 12.1 Å². The summed E-state index contributed by atoms with van der Waals surface area (Å²) in [6, 6.07) is 9.18. The number of benzene rings is 2. The van der Waals surface area contributed by atoms with Gasteiger partial charge >= 0.3 is 0 Å². The number of aromatic hydroxyl groups is 1. The molecule has 2 nitrogen and oxygen atoms in total. The average Bonchev–Trinajstić information content (AvgIpc) is 2.35. The van der Waals surface area contributed by atoms with Gasteiger partial charge in [-0.05, 0) is 35.9 Å². The summed E-state index contributed by atoms with van der Waals surface area (Å²) in [5.41, 5.74) is 0.659. The summed E-state index contributed by atoms with van der Waals surface area (Å²) >= 11 is 0. The number of aliphatic hydroxyl groups is 1. The van der Waals surface area contributed by atoms with Gasteiger partial charge in [-0.2, -0.15) is 0 Å². The second kappa shape index (κ2) is 5.14. The largest absolute Gasteiger partial charge is 0.508 e. The van der Waals surface area contributed by atoms with E-state index in [1.807, 2.05) is 0 Å². The topological polar surface area (TPSA) is 40.5 Å². The summed E-state index contributed by atoms with van der Waals surface area (Å²) in [4.78, 5) is 0. The highest BCUT2D eigenvalue weighted by atomic mass is 19.1. The van der Waals surface area contributed by atoms with Crippen molar-refractivity contribution >= 4 is 0 Å². The smallest absolute Gasteiger partial charge is 0.129 e. The van der Waals surface area contributed by atoms with Crippen LogP contribution in [-0.4, -0.2) is 10.2 Å². The highest BCUT2D eigenvalue weighted by Crippen LogP contribution is 2.22. The first-order valence-corrected chi connectivity index (χ1v) is 5.47. The Kier molecular flexibility index (Phi) is 3.58. The summed E-state index contributed by atoms with van der Waals surface area (Å²) in [5.74, 6) is -1.11. The standard InChI is InChI=1S/C14H12F2O2/c15-10-3-6-13(16)12(8-10)14(18)7-9-1-4-11(17)5-2-9/h1-6,8,14,17-18H,7H2. The molecule has 2 aromatic rings. The van der Waals surface area contributed by atoms with Crippen molar-refractivity contribution in [2.45, 2.75) is 12.5 Å². The van der Waals surface area contributed by atoms with Gasteiger partial charge in [0.25, 0.3) is 0 Å². The van der Waals surface area contributed by atoms with Crippen LogP contribution in [0.15, 0.2) is 42.5 Å². The molecular weight excluding hydrogens is 238 g/mol. The van der Waals surface area contributed by atoms with Gasteiger partial charge in [0.2, 0.25) is 0 Å². The number of phenols is 1. The van der Waals surface area contributed by atoms with Crippen LogP contribution in [0.2, 0.25) is 0 Å². The van der Waals surface area contributed by atoms with Gasteiger partial charge in [0.15, 0.2) is 0 Å². The van der Waals surface area contributed by atoms with Crippen LogP contribution in [0.5, 0.6) is 5.75 Å². The number of halogens is 2. The molecule has 0 aliphatic rings. The Morgan fingerprint density at radius 2 is 1.67 bits per heavy atom. The SMILES string of the molecule is Oc1ccc(CC(O)c2cc(F)ccc2F)cc1. The minimum atomic E-state index is -1.12. The number of aliphatic hydroxyl groups excluding tert-OH is 1. The molecule has 0 amide bonds. The Morgan fingerprint density at radius 1 is 1.00 bits per heavy atom. The molecule has 2 aromatic carbocycles. The Bertz CT molecular complexity index is 538. The van der Waals surface area contributed by atoms with Gasteiger partial charge in [-0.25, -0.2) is 8.78 Å². The lowest BCUT2D eigenvalue weighted by Crippen LogP contribution is -2.05. The normalized spacial score (nSPS) is 12.4. The zero-order valence-corrected chi connectivity index (χ0v) is 9.48. The monoisotopic (exact) mass is 250 g/mol. The molecule has 94 valence electrons. The van der Waals surface area contributed by atoms with Gasteiger partial charge < -0.3 is 10.2 Å². The van der Waals surface area contributed by atoms with Gasteiger partial charge in [-0.1, -0.05) is 12.1 Å². The third kappa shape index (κ3) is 2.84. The van der Waals surface area contributed by atoms with Gasteiger partial charge in [0.05, 0.1) is 6.10 Å². The molecule has 1 atom stereocenters. The summed E-state index contributed by atoms with van der Waals surface area (Å²) in [6.45, 7) is 0. The lowest BCUT2D eigenvalue weighted by Gasteiger charge is -2.12. The first-order valence-electron chi connectivity index (χ1n) is 5.47. The maximum atomic E-state index is 13.4. The molecule has 0 radical (unpaired) electrons. The van der Waals surface area contributed by atoms with Crippen molar-refractivity contribution in [3.63, 3.8) is 0 Å². The molecule has 0 saturated carbocycles. The third-order valence-corrected chi connectivity index (χ3v) is 2.68. The first-order chi connectivity index (χ1) is 8.56. The number of phenolic OH excluding ortho intramolecular Hbond substituents is 1. The van der Waals surface area contributed by atoms with E-state index in [-0.39, 0.29) is 17.7 Å². The maximum absolute atomic E-state index is 13.4. The molecule has 0 aromatic heterocycles. The molecule has 2 N–H and O–H groups in total. The van der Waals surface area contributed by atoms with Gasteiger partial charge in [-0.15, -0.1) is 0 Å². The van der Waals surface area contributed by atoms with Crippen molar-refractivity contribution < 1.29 is 19.0 Å². The fourth-order valence-electron chi connectivity index (χ4n) is 1.74. The zero-order chi connectivity index (χ0) is 13.1. The van der Waals surface area contributed by atoms with Crippen molar-refractivity contribution in [2.75, 3.05) is 0 Å². The number of hydrogen-bond donors (Lipinski definition) is 2. The van der Waals surface area contributed by atoms with E-state index in [0.717, 1.165) is 23.8 Å². The third-order valence-electron chi connectivity index (χ3n) is 2.68. The molecule has 0 heterocycles. The lowest BCUT2D eigenvalue weighted by molar-refractivity contribution is 0.173. The minimum absolute atomic E-state index is 0.0666. The predicted octanol–water partition coefficient (Wildman–Crippen LogP) is 2.95. The molecule has 0 aliphatic heterocycles. The summed E-state index contributed by atoms with van der Waals surface area (Å²) in [6.07, 6.45) is -0.967. The van der Waals surface area contributed by atoms with Gasteiger partial charge in [-0.3, -0.25) is 0 Å². The highest BCUT2D eigenvalue weighted by Gasteiger charge is 2.14. The molecule has 0 fully saturated rings. The molecule has 0 spiro atoms. The van der Waals surface area contributed by atoms with Crippen molar-refractivity contribution in [2.24, 2.45) is 0 Å². The molecule has 0 aliphatic carbocycles. The molecule has 4 heteroatoms. The van der Waals surface area contributed by atoms with E-state index in [2.05, 4.69) is 0 Å². The second-order valence-corrected chi connectivity index (χ2v) is 4.05. The lowest BCUT2D eigenvalue weighted by atomic mass is 10.0. The summed E-state index contributed by atoms with van der Waals surface area (Å²) in [7, 11) is 0. The van der Waals surface area contributed by atoms with E-state index in [4.69, 9.17) is 5.11 Å². The summed E-state index contributed by atoms with van der Waals surface area (Å²) < 4.78 is 26.4. The molecule has 1 unspecified atom stereocenters. The van der Waals surface area contributed by atoms with Crippen molar-refractivity contribution in [1.82, 2.24) is 0 Å². The van der Waals surface area contributed by atoms with Gasteiger partial charge in [0.1, 0.15) is 17.4 Å². The zero-order valence-electron chi connectivity index (χ0n) is 9.48. The van der Waals surface area contributed by atoms with Crippen molar-refractivity contribution in [1.29, 1.82) is 0 Å². The average molecular weight is 250 g/mol. The van der Waals surface area contributed by atoms with Crippen LogP contribution in [0, 0.1) is 11.6 Å². The maximum Gasteiger partial charge on any atom is 0.129 e. The Morgan fingerprint density at radius 3 is 2.33 bits per heavy atom. The Balaban J connectivity index is 2.18. The number of rotatable bonds is 3. The fraction of sp³-hybridized carbons (Fsp3) is 0.143. The fourth-order valence-corrected chi connectivity index (χ4v) is 1.74. The molecular formula is C14H12F2O2. The van der Waals surface area contributed by atoms with Crippen molar-refractivity contribution in [3.05, 3.63) is 65.2 Å². The predicted molar refractivity (Wildman–Crippen MR) is 63.1 cm³/mol. The van der Waals surface area contributed by atoms with Crippen LogP contribution < -0.4 is 0 Å². The van der Waals surface area contributed by atoms with Crippen LogP contribution in [0.4, 0.5) is 8.78 Å². The van der Waals surface area contributed by atoms with E-state index in [1.165, 1.54) is 12.1 Å². The number of hydrogen-bond acceptors (Lipinski definition) is 2. The van der Waals surface area contributed by atoms with Crippen molar-refractivity contribution in [3.8, 4) is 5.75 Å². The van der Waals surface area contributed by atoms with Gasteiger partial charge in [0, 0.05) is 12.0 Å². The quantitative estimate of drug-likeness (QED) is 0.879. The van der Waals surface area contributed by atoms with E-state index in [9.17, 15) is 13.9 Å². The second-order valence-electron chi connectivity index (χ2n) is 4.05. The van der Waals surface area contributed by atoms with Crippen LogP contribution in [0.1, 0.15) is 17.2 Å². The molecule has 0 bridgehead atoms. The molecule has 0 saturated heterocycles. The first kappa shape index (κ1) is 12.5. The van der Waals surface area contributed by atoms with Crippen LogP contribution in [0.25, 0.3) is 0 Å². The molecule has 18 heavy (non-hydrogen) atoms. The highest BCUT2D eigenvalue weighted by molar-refractivity contribution is 5.28. The Hall–Kier alpha value is -1.94. The Labute approximate surface area is 103 Å². The van der Waals surface area contributed by atoms with E-state index >= 15 is 0 Å². The molecule has 2 rings (SSSR count). The van der Waals surface area contributed by atoms with Crippen LogP contribution in [-0.2, 0) is 6.42 Å². The van der Waals surface area contributed by atoms with E-state index < -0.39 is 17.7 Å². The summed E-state index contributed by atoms with van der Waals surface area (Å²) in [5, 5.41) is 19.0.